The molecule has 0 saturated heterocycles. The van der Waals surface area contributed by atoms with E-state index < -0.39 is 28.5 Å². The zero-order valence-electron chi connectivity index (χ0n) is 22.7. The Balaban J connectivity index is 1.91. The molecule has 3 rings (SSSR count). The van der Waals surface area contributed by atoms with Crippen LogP contribution in [0.3, 0.4) is 0 Å². The number of nitrogens with one attached hydrogen (secondary N) is 1. The van der Waals surface area contributed by atoms with Gasteiger partial charge in [-0.15, -0.1) is 0 Å². The Morgan fingerprint density at radius 2 is 1.79 bits per heavy atom. The molecule has 0 radical (unpaired) electrons. The maximum absolute atomic E-state index is 13.8. The zero-order chi connectivity index (χ0) is 27.7. The highest BCUT2D eigenvalue weighted by molar-refractivity contribution is 7.92. The molecule has 1 atom stereocenters. The largest absolute Gasteiger partial charge is 0.497 e. The van der Waals surface area contributed by atoms with Crippen molar-refractivity contribution >= 4 is 27.5 Å². The Morgan fingerprint density at radius 3 is 2.45 bits per heavy atom. The van der Waals surface area contributed by atoms with Gasteiger partial charge in [-0.3, -0.25) is 13.9 Å². The van der Waals surface area contributed by atoms with Crippen molar-refractivity contribution in [2.45, 2.75) is 64.6 Å². The first-order chi connectivity index (χ1) is 18.1. The number of sulfonamides is 1. The fraction of sp³-hybridized carbons (Fsp3) is 0.500. The van der Waals surface area contributed by atoms with Crippen LogP contribution in [0.1, 0.15) is 51.5 Å². The van der Waals surface area contributed by atoms with E-state index in [1.54, 1.807) is 57.4 Å². The van der Waals surface area contributed by atoms with Crippen LogP contribution in [-0.4, -0.2) is 63.7 Å². The molecular weight excluding hydrogens is 506 g/mol. The van der Waals surface area contributed by atoms with Crippen LogP contribution in [0, 0.1) is 0 Å². The number of carbonyl (C=O) groups excluding carboxylic acids is 2. The number of benzene rings is 2. The predicted octanol–water partition coefficient (Wildman–Crippen LogP) is 3.73. The van der Waals surface area contributed by atoms with Crippen LogP contribution < -0.4 is 19.1 Å². The molecule has 1 unspecified atom stereocenters. The van der Waals surface area contributed by atoms with Gasteiger partial charge in [0.15, 0.2) is 0 Å². The number of para-hydroxylation sites is 2. The quantitative estimate of drug-likeness (QED) is 0.436. The standard InChI is InChI=1S/C28H39N3O6S/c1-5-37-26-17-10-9-16-25(26)31(38(4,34)35)20-27(32)30(19-22-12-11-15-24(18-22)36-3)21(2)28(33)29-23-13-7-6-8-14-23/h9-12,15-18,21,23H,5-8,13-14,19-20H2,1-4H3,(H,29,33). The van der Waals surface area contributed by atoms with Crippen LogP contribution >= 0.6 is 0 Å². The molecule has 2 aromatic carbocycles. The first-order valence-corrected chi connectivity index (χ1v) is 14.9. The summed E-state index contributed by atoms with van der Waals surface area (Å²) >= 11 is 0. The average molecular weight is 546 g/mol. The Hall–Kier alpha value is -3.27. The van der Waals surface area contributed by atoms with Crippen molar-refractivity contribution in [2.75, 3.05) is 30.8 Å². The minimum Gasteiger partial charge on any atom is -0.497 e. The van der Waals surface area contributed by atoms with Crippen molar-refractivity contribution in [3.8, 4) is 11.5 Å². The second-order valence-electron chi connectivity index (χ2n) is 9.56. The maximum Gasteiger partial charge on any atom is 0.244 e. The summed E-state index contributed by atoms with van der Waals surface area (Å²) in [4.78, 5) is 28.5. The summed E-state index contributed by atoms with van der Waals surface area (Å²) in [6.45, 7) is 3.45. The summed E-state index contributed by atoms with van der Waals surface area (Å²) in [6, 6.07) is 13.2. The number of methoxy groups -OCH3 is 1. The third-order valence-electron chi connectivity index (χ3n) is 6.72. The predicted molar refractivity (Wildman–Crippen MR) is 148 cm³/mol. The van der Waals surface area contributed by atoms with Crippen molar-refractivity contribution < 1.29 is 27.5 Å². The van der Waals surface area contributed by atoms with E-state index in [0.29, 0.717) is 18.1 Å². The molecule has 38 heavy (non-hydrogen) atoms. The van der Waals surface area contributed by atoms with Crippen LogP contribution in [0.25, 0.3) is 0 Å². The molecule has 2 amide bonds. The molecule has 10 heteroatoms. The van der Waals surface area contributed by atoms with Gasteiger partial charge in [-0.05, 0) is 56.5 Å². The summed E-state index contributed by atoms with van der Waals surface area (Å²) in [5.74, 6) is 0.220. The number of amides is 2. The Kier molecular flexibility index (Phi) is 10.4. The molecule has 0 bridgehead atoms. The van der Waals surface area contributed by atoms with Crippen molar-refractivity contribution in [1.82, 2.24) is 10.2 Å². The molecule has 1 fully saturated rings. The molecule has 1 aliphatic rings. The minimum absolute atomic E-state index is 0.0815. The molecule has 1 saturated carbocycles. The highest BCUT2D eigenvalue weighted by Crippen LogP contribution is 2.30. The van der Waals surface area contributed by atoms with Gasteiger partial charge in [0.05, 0.1) is 25.7 Å². The lowest BCUT2D eigenvalue weighted by atomic mass is 9.95. The molecule has 0 spiro atoms. The number of hydrogen-bond acceptors (Lipinski definition) is 6. The van der Waals surface area contributed by atoms with E-state index in [2.05, 4.69) is 5.32 Å². The molecular formula is C28H39N3O6S. The molecule has 0 aliphatic heterocycles. The Morgan fingerprint density at radius 1 is 1.08 bits per heavy atom. The van der Waals surface area contributed by atoms with Gasteiger partial charge in [0.1, 0.15) is 24.1 Å². The smallest absolute Gasteiger partial charge is 0.244 e. The molecule has 2 aromatic rings. The van der Waals surface area contributed by atoms with E-state index in [1.165, 1.54) is 4.90 Å². The van der Waals surface area contributed by atoms with Crippen LogP contribution in [-0.2, 0) is 26.2 Å². The van der Waals surface area contributed by atoms with E-state index >= 15 is 0 Å². The highest BCUT2D eigenvalue weighted by Gasteiger charge is 2.32. The topological polar surface area (TPSA) is 105 Å². The fourth-order valence-corrected chi connectivity index (χ4v) is 5.51. The summed E-state index contributed by atoms with van der Waals surface area (Å²) in [5.41, 5.74) is 1.03. The van der Waals surface area contributed by atoms with Crippen LogP contribution in [0.2, 0.25) is 0 Å². The SMILES string of the molecule is CCOc1ccccc1N(CC(=O)N(Cc1cccc(OC)c1)C(C)C(=O)NC1CCCCC1)S(C)(=O)=O. The van der Waals surface area contributed by atoms with E-state index in [-0.39, 0.29) is 24.2 Å². The summed E-state index contributed by atoms with van der Waals surface area (Å²) in [7, 11) is -2.30. The van der Waals surface area contributed by atoms with Gasteiger partial charge in [0.2, 0.25) is 21.8 Å². The van der Waals surface area contributed by atoms with Crippen LogP contribution in [0.5, 0.6) is 11.5 Å². The normalized spacial score (nSPS) is 14.8. The number of ether oxygens (including phenoxy) is 2. The third kappa shape index (κ3) is 7.86. The monoisotopic (exact) mass is 545 g/mol. The van der Waals surface area contributed by atoms with Crippen LogP contribution in [0.15, 0.2) is 48.5 Å². The van der Waals surface area contributed by atoms with E-state index in [0.717, 1.165) is 48.2 Å². The molecule has 0 aromatic heterocycles. The van der Waals surface area contributed by atoms with Gasteiger partial charge < -0.3 is 19.7 Å². The molecule has 9 nitrogen and oxygen atoms in total. The van der Waals surface area contributed by atoms with Gasteiger partial charge in [-0.2, -0.15) is 0 Å². The van der Waals surface area contributed by atoms with Gasteiger partial charge in [0.25, 0.3) is 0 Å². The third-order valence-corrected chi connectivity index (χ3v) is 7.85. The Labute approximate surface area is 226 Å². The summed E-state index contributed by atoms with van der Waals surface area (Å²) in [6.07, 6.45) is 6.17. The molecule has 208 valence electrons. The lowest BCUT2D eigenvalue weighted by Crippen LogP contribution is -2.53. The van der Waals surface area contributed by atoms with E-state index in [4.69, 9.17) is 9.47 Å². The Bertz CT molecular complexity index is 1200. The van der Waals surface area contributed by atoms with Crippen molar-refractivity contribution in [3.05, 3.63) is 54.1 Å². The molecule has 1 N–H and O–H groups in total. The van der Waals surface area contributed by atoms with Gasteiger partial charge >= 0.3 is 0 Å². The van der Waals surface area contributed by atoms with Gasteiger partial charge in [-0.1, -0.05) is 43.5 Å². The second kappa shape index (κ2) is 13.5. The minimum atomic E-state index is -3.85. The first kappa shape index (κ1) is 29.3. The summed E-state index contributed by atoms with van der Waals surface area (Å²) in [5, 5.41) is 3.09. The average Bonchev–Trinajstić information content (AvgIpc) is 2.90. The lowest BCUT2D eigenvalue weighted by Gasteiger charge is -2.33. The number of rotatable bonds is 12. The number of anilines is 1. The molecule has 0 heterocycles. The van der Waals surface area contributed by atoms with Crippen molar-refractivity contribution in [2.24, 2.45) is 0 Å². The molecule has 1 aliphatic carbocycles. The fourth-order valence-electron chi connectivity index (χ4n) is 4.65. The van der Waals surface area contributed by atoms with E-state index in [1.807, 2.05) is 12.1 Å². The van der Waals surface area contributed by atoms with Gasteiger partial charge in [-0.25, -0.2) is 8.42 Å². The van der Waals surface area contributed by atoms with Crippen molar-refractivity contribution in [3.63, 3.8) is 0 Å². The second-order valence-corrected chi connectivity index (χ2v) is 11.5. The van der Waals surface area contributed by atoms with Crippen LogP contribution in [0.4, 0.5) is 5.69 Å². The highest BCUT2D eigenvalue weighted by atomic mass is 32.2. The zero-order valence-corrected chi connectivity index (χ0v) is 23.5. The number of carbonyl (C=O) groups is 2. The number of nitrogens with zero attached hydrogens (tertiary/aromatic N) is 2. The summed E-state index contributed by atoms with van der Waals surface area (Å²) < 4.78 is 37.7. The maximum atomic E-state index is 13.8. The van der Waals surface area contributed by atoms with E-state index in [9.17, 15) is 18.0 Å². The lowest BCUT2D eigenvalue weighted by molar-refractivity contribution is -0.139. The number of hydrogen-bond donors (Lipinski definition) is 1. The van der Waals surface area contributed by atoms with Crippen molar-refractivity contribution in [1.29, 1.82) is 0 Å². The first-order valence-electron chi connectivity index (χ1n) is 13.1. The van der Waals surface area contributed by atoms with Gasteiger partial charge in [0, 0.05) is 12.6 Å².